The smallest absolute Gasteiger partial charge is 0.0480 e. The average molecular weight is 159 g/mol. The van der Waals surface area contributed by atoms with E-state index in [2.05, 4.69) is 48.0 Å². The molecule has 0 aliphatic rings. The van der Waals surface area contributed by atoms with Gasteiger partial charge >= 0.3 is 0 Å². The number of para-hydroxylation sites is 1. The van der Waals surface area contributed by atoms with E-state index in [-0.39, 0.29) is 0 Å². The third kappa shape index (κ3) is 1.11. The summed E-state index contributed by atoms with van der Waals surface area (Å²) in [5.41, 5.74) is 1.35. The Morgan fingerprint density at radius 2 is 2.00 bits per heavy atom. The van der Waals surface area contributed by atoms with Crippen LogP contribution in [0.3, 0.4) is 0 Å². The molecule has 2 rings (SSSR count). The van der Waals surface area contributed by atoms with E-state index in [1.165, 1.54) is 17.3 Å². The van der Waals surface area contributed by atoms with Crippen molar-refractivity contribution in [3.8, 4) is 0 Å². The van der Waals surface area contributed by atoms with E-state index >= 15 is 0 Å². The molecule has 0 saturated heterocycles. The Bertz CT molecular complexity index is 373. The first-order valence-corrected chi connectivity index (χ1v) is 4.45. The summed E-state index contributed by atoms with van der Waals surface area (Å²) in [6.45, 7) is 3.32. The third-order valence-electron chi connectivity index (χ3n) is 2.14. The predicted octanol–water partition coefficient (Wildman–Crippen LogP) is 3.05. The molecule has 0 aliphatic heterocycles. The van der Waals surface area contributed by atoms with Crippen LogP contribution in [0.1, 0.15) is 13.3 Å². The third-order valence-corrected chi connectivity index (χ3v) is 2.14. The summed E-state index contributed by atoms with van der Waals surface area (Å²) in [5.74, 6) is 0. The highest BCUT2D eigenvalue weighted by Crippen LogP contribution is 2.14. The number of benzene rings is 1. The Balaban J connectivity index is 2.55. The van der Waals surface area contributed by atoms with Gasteiger partial charge in [0.2, 0.25) is 0 Å². The molecule has 0 amide bonds. The fourth-order valence-corrected chi connectivity index (χ4v) is 1.58. The van der Waals surface area contributed by atoms with Gasteiger partial charge < -0.3 is 4.57 Å². The first-order valence-electron chi connectivity index (χ1n) is 4.45. The molecule has 0 fully saturated rings. The Kier molecular flexibility index (Phi) is 1.86. The summed E-state index contributed by atoms with van der Waals surface area (Å²) < 4.78 is 2.30. The molecular weight excluding hydrogens is 146 g/mol. The highest BCUT2D eigenvalue weighted by molar-refractivity contribution is 5.79. The van der Waals surface area contributed by atoms with Crippen molar-refractivity contribution in [2.75, 3.05) is 0 Å². The van der Waals surface area contributed by atoms with Crippen molar-refractivity contribution < 1.29 is 0 Å². The lowest BCUT2D eigenvalue weighted by Gasteiger charge is -2.01. The minimum Gasteiger partial charge on any atom is -0.347 e. The number of fused-ring (bicyclic) bond motifs is 1. The largest absolute Gasteiger partial charge is 0.347 e. The lowest BCUT2D eigenvalue weighted by molar-refractivity contribution is 0.703. The van der Waals surface area contributed by atoms with Gasteiger partial charge in [0.1, 0.15) is 0 Å². The molecule has 0 aliphatic carbocycles. The van der Waals surface area contributed by atoms with Crippen LogP contribution in [0.2, 0.25) is 0 Å². The number of nitrogens with zero attached hydrogens (tertiary/aromatic N) is 1. The monoisotopic (exact) mass is 159 g/mol. The molecule has 0 unspecified atom stereocenters. The maximum Gasteiger partial charge on any atom is 0.0480 e. The molecule has 0 atom stereocenters. The fraction of sp³-hybridized carbons (Fsp3) is 0.273. The topological polar surface area (TPSA) is 4.93 Å². The van der Waals surface area contributed by atoms with E-state index in [1.807, 2.05) is 0 Å². The molecule has 0 N–H and O–H groups in total. The summed E-state index contributed by atoms with van der Waals surface area (Å²) >= 11 is 0. The van der Waals surface area contributed by atoms with Gasteiger partial charge in [0.25, 0.3) is 0 Å². The summed E-state index contributed by atoms with van der Waals surface area (Å²) in [7, 11) is 0. The number of hydrogen-bond donors (Lipinski definition) is 0. The quantitative estimate of drug-likeness (QED) is 0.634. The van der Waals surface area contributed by atoms with Gasteiger partial charge in [-0.1, -0.05) is 25.1 Å². The van der Waals surface area contributed by atoms with Crippen LogP contribution in [-0.2, 0) is 6.54 Å². The van der Waals surface area contributed by atoms with Crippen LogP contribution < -0.4 is 0 Å². The van der Waals surface area contributed by atoms with Crippen LogP contribution >= 0.6 is 0 Å². The van der Waals surface area contributed by atoms with Crippen molar-refractivity contribution in [3.63, 3.8) is 0 Å². The van der Waals surface area contributed by atoms with Crippen molar-refractivity contribution in [2.24, 2.45) is 0 Å². The Morgan fingerprint density at radius 1 is 1.17 bits per heavy atom. The van der Waals surface area contributed by atoms with Gasteiger partial charge in [-0.15, -0.1) is 0 Å². The van der Waals surface area contributed by atoms with Gasteiger partial charge in [-0.2, -0.15) is 0 Å². The Labute approximate surface area is 72.6 Å². The maximum absolute atomic E-state index is 2.30. The second kappa shape index (κ2) is 3.02. The minimum absolute atomic E-state index is 1.12. The summed E-state index contributed by atoms with van der Waals surface area (Å²) in [4.78, 5) is 0. The molecule has 2 aromatic rings. The first kappa shape index (κ1) is 7.41. The van der Waals surface area contributed by atoms with Crippen LogP contribution in [0.25, 0.3) is 10.9 Å². The van der Waals surface area contributed by atoms with Crippen molar-refractivity contribution in [1.29, 1.82) is 0 Å². The predicted molar refractivity (Wildman–Crippen MR) is 52.2 cm³/mol. The number of aryl methyl sites for hydroxylation is 1. The molecule has 62 valence electrons. The van der Waals surface area contributed by atoms with Crippen LogP contribution in [-0.4, -0.2) is 4.57 Å². The lowest BCUT2D eigenvalue weighted by Crippen LogP contribution is -1.92. The zero-order valence-corrected chi connectivity index (χ0v) is 7.33. The van der Waals surface area contributed by atoms with E-state index < -0.39 is 0 Å². The normalized spacial score (nSPS) is 10.8. The number of rotatable bonds is 2. The lowest BCUT2D eigenvalue weighted by atomic mass is 10.2. The zero-order chi connectivity index (χ0) is 8.39. The fourth-order valence-electron chi connectivity index (χ4n) is 1.58. The number of aromatic nitrogens is 1. The van der Waals surface area contributed by atoms with E-state index in [4.69, 9.17) is 0 Å². The SMILES string of the molecule is CCCn1ccc2ccccc21. The van der Waals surface area contributed by atoms with Crippen LogP contribution in [0.15, 0.2) is 36.5 Å². The molecule has 0 radical (unpaired) electrons. The molecule has 1 aromatic heterocycles. The summed E-state index contributed by atoms with van der Waals surface area (Å²) in [6, 6.07) is 10.7. The van der Waals surface area contributed by atoms with Gasteiger partial charge in [-0.3, -0.25) is 0 Å². The van der Waals surface area contributed by atoms with Gasteiger partial charge in [0.05, 0.1) is 0 Å². The summed E-state index contributed by atoms with van der Waals surface area (Å²) in [6.07, 6.45) is 3.35. The maximum atomic E-state index is 2.30. The van der Waals surface area contributed by atoms with Gasteiger partial charge in [0, 0.05) is 18.3 Å². The van der Waals surface area contributed by atoms with E-state index in [9.17, 15) is 0 Å². The van der Waals surface area contributed by atoms with Gasteiger partial charge in [0.15, 0.2) is 0 Å². The second-order valence-electron chi connectivity index (χ2n) is 3.07. The molecule has 1 heterocycles. The summed E-state index contributed by atoms with van der Waals surface area (Å²) in [5, 5.41) is 1.34. The van der Waals surface area contributed by atoms with Crippen molar-refractivity contribution in [2.45, 2.75) is 19.9 Å². The first-order chi connectivity index (χ1) is 5.92. The van der Waals surface area contributed by atoms with Crippen LogP contribution in [0.4, 0.5) is 0 Å². The van der Waals surface area contributed by atoms with Crippen molar-refractivity contribution in [3.05, 3.63) is 36.5 Å². The van der Waals surface area contributed by atoms with E-state index in [0.29, 0.717) is 0 Å². The highest BCUT2D eigenvalue weighted by Gasteiger charge is 1.96. The molecule has 1 aromatic carbocycles. The molecular formula is C11H13N. The molecule has 1 heteroatoms. The Hall–Kier alpha value is -1.24. The second-order valence-corrected chi connectivity index (χ2v) is 3.07. The minimum atomic E-state index is 1.12. The zero-order valence-electron chi connectivity index (χ0n) is 7.33. The molecule has 0 saturated carbocycles. The van der Waals surface area contributed by atoms with Crippen molar-refractivity contribution >= 4 is 10.9 Å². The highest BCUT2D eigenvalue weighted by atomic mass is 14.9. The Morgan fingerprint density at radius 3 is 2.83 bits per heavy atom. The van der Waals surface area contributed by atoms with E-state index in [1.54, 1.807) is 0 Å². The van der Waals surface area contributed by atoms with Gasteiger partial charge in [-0.25, -0.2) is 0 Å². The molecule has 0 spiro atoms. The van der Waals surface area contributed by atoms with Crippen LogP contribution in [0.5, 0.6) is 0 Å². The standard InChI is InChI=1S/C11H13N/c1-2-8-12-9-7-10-5-3-4-6-11(10)12/h3-7,9H,2,8H2,1H3. The van der Waals surface area contributed by atoms with Crippen LogP contribution in [0, 0.1) is 0 Å². The molecule has 0 bridgehead atoms. The van der Waals surface area contributed by atoms with E-state index in [0.717, 1.165) is 6.54 Å². The molecule has 1 nitrogen and oxygen atoms in total. The number of hydrogen-bond acceptors (Lipinski definition) is 0. The van der Waals surface area contributed by atoms with Crippen molar-refractivity contribution in [1.82, 2.24) is 4.57 Å². The molecule has 12 heavy (non-hydrogen) atoms. The average Bonchev–Trinajstić information content (AvgIpc) is 2.50. The van der Waals surface area contributed by atoms with Gasteiger partial charge in [-0.05, 0) is 23.9 Å².